The Bertz CT molecular complexity index is 679. The third-order valence-corrected chi connectivity index (χ3v) is 4.62. The summed E-state index contributed by atoms with van der Waals surface area (Å²) in [5.74, 6) is 0.278. The molecule has 0 saturated carbocycles. The van der Waals surface area contributed by atoms with Crippen LogP contribution in [0.3, 0.4) is 0 Å². The molecule has 0 aliphatic heterocycles. The second-order valence-corrected chi connectivity index (χ2v) is 5.80. The van der Waals surface area contributed by atoms with Gasteiger partial charge in [-0.15, -0.1) is 0 Å². The zero-order valence-corrected chi connectivity index (χ0v) is 12.3. The van der Waals surface area contributed by atoms with Gasteiger partial charge in [0.2, 0.25) is 4.96 Å². The zero-order chi connectivity index (χ0) is 14.1. The molecule has 104 valence electrons. The maximum Gasteiger partial charge on any atom is 0.212 e. The maximum absolute atomic E-state index is 12.9. The summed E-state index contributed by atoms with van der Waals surface area (Å²) in [6.07, 6.45) is 4.10. The van der Waals surface area contributed by atoms with Crippen LogP contribution >= 0.6 is 11.3 Å². The van der Waals surface area contributed by atoms with Crippen LogP contribution in [0.25, 0.3) is 16.2 Å². The summed E-state index contributed by atoms with van der Waals surface area (Å²) in [4.78, 5) is 5.48. The number of fused-ring (bicyclic) bond motifs is 1. The van der Waals surface area contributed by atoms with E-state index in [9.17, 15) is 4.39 Å². The average Bonchev–Trinajstić information content (AvgIpc) is 2.99. The van der Waals surface area contributed by atoms with E-state index in [4.69, 9.17) is 0 Å². The first kappa shape index (κ1) is 13.2. The quantitative estimate of drug-likeness (QED) is 0.708. The smallest absolute Gasteiger partial charge is 0.212 e. The molecule has 0 N–H and O–H groups in total. The standard InChI is InChI=1S/C15H16FN3S/c1-3-10(4-2)14-18-19-9-13(17-15(19)20-14)11-5-7-12(16)8-6-11/h5-10H,3-4H2,1-2H3. The molecule has 5 heteroatoms. The van der Waals surface area contributed by atoms with Crippen molar-refractivity contribution in [1.82, 2.24) is 14.6 Å². The minimum absolute atomic E-state index is 0.232. The van der Waals surface area contributed by atoms with Crippen molar-refractivity contribution in [2.45, 2.75) is 32.6 Å². The molecule has 3 aromatic rings. The molecule has 0 aliphatic rings. The van der Waals surface area contributed by atoms with E-state index in [1.54, 1.807) is 23.5 Å². The lowest BCUT2D eigenvalue weighted by atomic mass is 10.1. The van der Waals surface area contributed by atoms with Gasteiger partial charge in [0.1, 0.15) is 10.8 Å². The van der Waals surface area contributed by atoms with E-state index in [1.165, 1.54) is 12.1 Å². The van der Waals surface area contributed by atoms with Gasteiger partial charge in [-0.1, -0.05) is 25.2 Å². The summed E-state index contributed by atoms with van der Waals surface area (Å²) in [6, 6.07) is 6.38. The molecule has 0 aliphatic carbocycles. The number of imidazole rings is 1. The Kier molecular flexibility index (Phi) is 3.53. The number of benzene rings is 1. The van der Waals surface area contributed by atoms with Crippen molar-refractivity contribution < 1.29 is 4.39 Å². The highest BCUT2D eigenvalue weighted by molar-refractivity contribution is 7.16. The highest BCUT2D eigenvalue weighted by Gasteiger charge is 2.15. The predicted octanol–water partition coefficient (Wildman–Crippen LogP) is 4.50. The van der Waals surface area contributed by atoms with E-state index in [0.29, 0.717) is 5.92 Å². The largest absolute Gasteiger partial charge is 0.217 e. The molecule has 0 radical (unpaired) electrons. The van der Waals surface area contributed by atoms with Crippen LogP contribution in [0.5, 0.6) is 0 Å². The van der Waals surface area contributed by atoms with Gasteiger partial charge < -0.3 is 0 Å². The van der Waals surface area contributed by atoms with Crippen molar-refractivity contribution in [3.63, 3.8) is 0 Å². The molecular weight excluding hydrogens is 273 g/mol. The van der Waals surface area contributed by atoms with Gasteiger partial charge in [0.15, 0.2) is 0 Å². The molecule has 3 nitrogen and oxygen atoms in total. The third-order valence-electron chi connectivity index (χ3n) is 3.53. The zero-order valence-electron chi connectivity index (χ0n) is 11.5. The summed E-state index contributed by atoms with van der Waals surface area (Å²) in [5, 5.41) is 5.76. The Hall–Kier alpha value is -1.75. The number of hydrogen-bond acceptors (Lipinski definition) is 3. The van der Waals surface area contributed by atoms with Gasteiger partial charge in [-0.3, -0.25) is 0 Å². The lowest BCUT2D eigenvalue weighted by molar-refractivity contribution is 0.626. The molecular formula is C15H16FN3S. The number of nitrogens with zero attached hydrogens (tertiary/aromatic N) is 3. The summed E-state index contributed by atoms with van der Waals surface area (Å²) in [6.45, 7) is 4.37. The lowest BCUT2D eigenvalue weighted by Gasteiger charge is -2.05. The van der Waals surface area contributed by atoms with Gasteiger partial charge in [-0.2, -0.15) is 5.10 Å². The molecule has 0 spiro atoms. The molecule has 0 atom stereocenters. The SMILES string of the molecule is CCC(CC)c1nn2cc(-c3ccc(F)cc3)nc2s1. The van der Waals surface area contributed by atoms with Crippen molar-refractivity contribution in [2.24, 2.45) is 0 Å². The Balaban J connectivity index is 1.96. The maximum atomic E-state index is 12.9. The van der Waals surface area contributed by atoms with Crippen LogP contribution in [0.15, 0.2) is 30.5 Å². The second kappa shape index (κ2) is 5.32. The number of hydrogen-bond donors (Lipinski definition) is 0. The number of aromatic nitrogens is 3. The topological polar surface area (TPSA) is 30.2 Å². The fourth-order valence-corrected chi connectivity index (χ4v) is 3.43. The van der Waals surface area contributed by atoms with Gasteiger partial charge in [0.25, 0.3) is 0 Å². The highest BCUT2D eigenvalue weighted by Crippen LogP contribution is 2.29. The summed E-state index contributed by atoms with van der Waals surface area (Å²) < 4.78 is 14.8. The molecule has 0 fully saturated rings. The van der Waals surface area contributed by atoms with Gasteiger partial charge in [0.05, 0.1) is 11.9 Å². The molecule has 0 amide bonds. The van der Waals surface area contributed by atoms with Crippen LogP contribution in [-0.4, -0.2) is 14.6 Å². The van der Waals surface area contributed by atoms with E-state index in [1.807, 2.05) is 10.7 Å². The molecule has 0 saturated heterocycles. The van der Waals surface area contributed by atoms with E-state index in [0.717, 1.165) is 34.1 Å². The van der Waals surface area contributed by atoms with Crippen molar-refractivity contribution in [1.29, 1.82) is 0 Å². The summed E-state index contributed by atoms with van der Waals surface area (Å²) in [7, 11) is 0. The van der Waals surface area contributed by atoms with Crippen molar-refractivity contribution >= 4 is 16.3 Å². The fraction of sp³-hybridized carbons (Fsp3) is 0.333. The van der Waals surface area contributed by atoms with Crippen LogP contribution in [0, 0.1) is 5.82 Å². The van der Waals surface area contributed by atoms with Crippen LogP contribution in [0.2, 0.25) is 0 Å². The van der Waals surface area contributed by atoms with E-state index in [-0.39, 0.29) is 5.82 Å². The Morgan fingerprint density at radius 3 is 2.50 bits per heavy atom. The van der Waals surface area contributed by atoms with Crippen molar-refractivity contribution in [3.05, 3.63) is 41.3 Å². The molecule has 2 heterocycles. The Morgan fingerprint density at radius 1 is 1.20 bits per heavy atom. The molecule has 2 aromatic heterocycles. The third kappa shape index (κ3) is 2.33. The van der Waals surface area contributed by atoms with Gasteiger partial charge >= 0.3 is 0 Å². The Labute approximate surface area is 121 Å². The van der Waals surface area contributed by atoms with Crippen LogP contribution in [0.4, 0.5) is 4.39 Å². The van der Waals surface area contributed by atoms with E-state index >= 15 is 0 Å². The monoisotopic (exact) mass is 289 g/mol. The van der Waals surface area contributed by atoms with Crippen molar-refractivity contribution in [3.8, 4) is 11.3 Å². The molecule has 3 rings (SSSR count). The van der Waals surface area contributed by atoms with Crippen molar-refractivity contribution in [2.75, 3.05) is 0 Å². The average molecular weight is 289 g/mol. The second-order valence-electron chi connectivity index (χ2n) is 4.81. The molecule has 0 unspecified atom stereocenters. The van der Waals surface area contributed by atoms with Gasteiger partial charge in [-0.25, -0.2) is 13.9 Å². The highest BCUT2D eigenvalue weighted by atomic mass is 32.1. The summed E-state index contributed by atoms with van der Waals surface area (Å²) in [5.41, 5.74) is 1.74. The first-order valence-corrected chi connectivity index (χ1v) is 7.65. The van der Waals surface area contributed by atoms with Crippen LogP contribution < -0.4 is 0 Å². The van der Waals surface area contributed by atoms with E-state index < -0.39 is 0 Å². The number of halogens is 1. The minimum Gasteiger partial charge on any atom is -0.217 e. The predicted molar refractivity (Wildman–Crippen MR) is 79.6 cm³/mol. The molecule has 0 bridgehead atoms. The molecule has 20 heavy (non-hydrogen) atoms. The Morgan fingerprint density at radius 2 is 1.90 bits per heavy atom. The van der Waals surface area contributed by atoms with Crippen LogP contribution in [-0.2, 0) is 0 Å². The normalized spacial score (nSPS) is 11.6. The summed E-state index contributed by atoms with van der Waals surface area (Å²) >= 11 is 1.64. The fourth-order valence-electron chi connectivity index (χ4n) is 2.28. The lowest BCUT2D eigenvalue weighted by Crippen LogP contribution is -1.95. The number of rotatable bonds is 4. The van der Waals surface area contributed by atoms with Gasteiger partial charge in [0, 0.05) is 11.5 Å². The van der Waals surface area contributed by atoms with Crippen LogP contribution in [0.1, 0.15) is 37.6 Å². The minimum atomic E-state index is -0.232. The first-order chi connectivity index (χ1) is 9.71. The van der Waals surface area contributed by atoms with Gasteiger partial charge in [-0.05, 0) is 37.1 Å². The molecule has 1 aromatic carbocycles. The first-order valence-electron chi connectivity index (χ1n) is 6.83. The van der Waals surface area contributed by atoms with E-state index in [2.05, 4.69) is 23.9 Å².